The predicted octanol–water partition coefficient (Wildman–Crippen LogP) is 1.66. The van der Waals surface area contributed by atoms with Crippen molar-refractivity contribution in [3.05, 3.63) is 36.0 Å². The average Bonchev–Trinajstić information content (AvgIpc) is 2.63. The van der Waals surface area contributed by atoms with Crippen molar-refractivity contribution in [3.8, 4) is 0 Å². The summed E-state index contributed by atoms with van der Waals surface area (Å²) in [5.41, 5.74) is 7.99. The molecule has 2 N–H and O–H groups in total. The largest absolute Gasteiger partial charge is 0.450 e. The molecule has 3 rings (SSSR count). The summed E-state index contributed by atoms with van der Waals surface area (Å²) in [4.78, 5) is 32.1. The van der Waals surface area contributed by atoms with Gasteiger partial charge in [-0.1, -0.05) is 18.2 Å². The number of hydrogen-bond acceptors (Lipinski definition) is 5. The van der Waals surface area contributed by atoms with Crippen LogP contribution >= 0.6 is 0 Å². The number of aromatic nitrogens is 1. The van der Waals surface area contributed by atoms with Crippen molar-refractivity contribution in [3.63, 3.8) is 0 Å². The Morgan fingerprint density at radius 1 is 1.12 bits per heavy atom. The Morgan fingerprint density at radius 3 is 2.56 bits per heavy atom. The summed E-state index contributed by atoms with van der Waals surface area (Å²) in [6.45, 7) is 4.13. The Kier molecular flexibility index (Phi) is 5.02. The Balaban J connectivity index is 1.62. The Morgan fingerprint density at radius 2 is 1.84 bits per heavy atom. The molecule has 0 unspecified atom stereocenters. The van der Waals surface area contributed by atoms with Crippen molar-refractivity contribution >= 4 is 28.6 Å². The van der Waals surface area contributed by atoms with E-state index in [1.807, 2.05) is 24.3 Å². The number of para-hydroxylation sites is 1. The lowest BCUT2D eigenvalue weighted by Crippen LogP contribution is -2.51. The predicted molar refractivity (Wildman–Crippen MR) is 95.0 cm³/mol. The fourth-order valence-electron chi connectivity index (χ4n) is 2.93. The maximum absolute atomic E-state index is 12.5. The van der Waals surface area contributed by atoms with Gasteiger partial charge in [-0.2, -0.15) is 0 Å². The molecule has 1 aromatic carbocycles. The molecule has 0 bridgehead atoms. The highest BCUT2D eigenvalue weighted by Crippen LogP contribution is 2.19. The third-order valence-electron chi connectivity index (χ3n) is 4.30. The number of piperazine rings is 1. The van der Waals surface area contributed by atoms with E-state index in [1.165, 1.54) is 0 Å². The first-order chi connectivity index (χ1) is 12.1. The van der Waals surface area contributed by atoms with Crippen LogP contribution in [0.5, 0.6) is 0 Å². The molecule has 0 aliphatic carbocycles. The minimum atomic E-state index is -0.318. The van der Waals surface area contributed by atoms with Gasteiger partial charge in [0.15, 0.2) is 0 Å². The summed E-state index contributed by atoms with van der Waals surface area (Å²) in [5, 5.41) is 0.958. The molecular formula is C18H22N4O3. The zero-order valence-corrected chi connectivity index (χ0v) is 14.3. The molecule has 1 aliphatic rings. The van der Waals surface area contributed by atoms with E-state index >= 15 is 0 Å². The fourth-order valence-corrected chi connectivity index (χ4v) is 2.93. The Bertz CT molecular complexity index is 785. The molecule has 1 saturated heterocycles. The monoisotopic (exact) mass is 342 g/mol. The first kappa shape index (κ1) is 17.0. The topological polar surface area (TPSA) is 88.8 Å². The molecule has 2 aromatic rings. The Labute approximate surface area is 146 Å². The molecule has 1 aliphatic heterocycles. The van der Waals surface area contributed by atoms with Crippen molar-refractivity contribution in [1.29, 1.82) is 0 Å². The lowest BCUT2D eigenvalue weighted by atomic mass is 10.1. The van der Waals surface area contributed by atoms with Crippen LogP contribution in [-0.2, 0) is 16.0 Å². The number of nitrogens with zero attached hydrogens (tertiary/aromatic N) is 3. The van der Waals surface area contributed by atoms with Gasteiger partial charge in [0, 0.05) is 31.6 Å². The van der Waals surface area contributed by atoms with Gasteiger partial charge in [0.25, 0.3) is 0 Å². The third kappa shape index (κ3) is 3.81. The number of carbonyl (C=O) groups excluding carboxylic acids is 2. The van der Waals surface area contributed by atoms with Gasteiger partial charge in [-0.05, 0) is 19.1 Å². The normalized spacial score (nSPS) is 14.6. The van der Waals surface area contributed by atoms with Crippen LogP contribution in [-0.4, -0.2) is 59.6 Å². The quantitative estimate of drug-likeness (QED) is 0.857. The minimum absolute atomic E-state index is 0.00450. The van der Waals surface area contributed by atoms with Gasteiger partial charge in [-0.3, -0.25) is 9.78 Å². The highest BCUT2D eigenvalue weighted by molar-refractivity contribution is 5.89. The van der Waals surface area contributed by atoms with Crippen molar-refractivity contribution < 1.29 is 14.3 Å². The van der Waals surface area contributed by atoms with E-state index < -0.39 is 0 Å². The molecule has 132 valence electrons. The number of anilines is 1. The number of hydrogen-bond donors (Lipinski definition) is 1. The van der Waals surface area contributed by atoms with Gasteiger partial charge in [0.05, 0.1) is 29.9 Å². The molecule has 0 saturated carbocycles. The smallest absolute Gasteiger partial charge is 0.409 e. The lowest BCUT2D eigenvalue weighted by molar-refractivity contribution is -0.132. The zero-order valence-electron chi connectivity index (χ0n) is 14.3. The van der Waals surface area contributed by atoms with Gasteiger partial charge >= 0.3 is 6.09 Å². The van der Waals surface area contributed by atoms with Gasteiger partial charge in [0.2, 0.25) is 5.91 Å². The SMILES string of the molecule is CCOC(=O)N1CCN(C(=O)Cc2ccc3cccc(N)c3n2)CC1. The standard InChI is InChI=1S/C18H22N4O3/c1-2-25-18(24)22-10-8-21(9-11-22)16(23)12-14-7-6-13-4-3-5-15(19)17(13)20-14/h3-7H,2,8-12,19H2,1H3. The Hall–Kier alpha value is -2.83. The number of benzene rings is 1. The zero-order chi connectivity index (χ0) is 17.8. The molecule has 25 heavy (non-hydrogen) atoms. The summed E-state index contributed by atoms with van der Waals surface area (Å²) in [6, 6.07) is 9.41. The second kappa shape index (κ2) is 7.38. The average molecular weight is 342 g/mol. The van der Waals surface area contributed by atoms with Crippen LogP contribution < -0.4 is 5.73 Å². The van der Waals surface area contributed by atoms with Crippen LogP contribution in [0.4, 0.5) is 10.5 Å². The fraction of sp³-hybridized carbons (Fsp3) is 0.389. The lowest BCUT2D eigenvalue weighted by Gasteiger charge is -2.34. The number of fused-ring (bicyclic) bond motifs is 1. The van der Waals surface area contributed by atoms with E-state index in [9.17, 15) is 9.59 Å². The van der Waals surface area contributed by atoms with Crippen LogP contribution in [0, 0.1) is 0 Å². The van der Waals surface area contributed by atoms with Gasteiger partial charge in [0.1, 0.15) is 0 Å². The molecule has 7 heteroatoms. The number of nitrogen functional groups attached to an aromatic ring is 1. The van der Waals surface area contributed by atoms with Crippen molar-refractivity contribution in [1.82, 2.24) is 14.8 Å². The second-order valence-electron chi connectivity index (χ2n) is 5.97. The molecule has 1 aromatic heterocycles. The van der Waals surface area contributed by atoms with E-state index in [0.29, 0.717) is 44.2 Å². The molecule has 0 spiro atoms. The van der Waals surface area contributed by atoms with E-state index in [2.05, 4.69) is 4.98 Å². The van der Waals surface area contributed by atoms with E-state index in [1.54, 1.807) is 22.8 Å². The summed E-state index contributed by atoms with van der Waals surface area (Å²) in [6.07, 6.45) is -0.0924. The van der Waals surface area contributed by atoms with Crippen LogP contribution in [0.1, 0.15) is 12.6 Å². The van der Waals surface area contributed by atoms with Crippen LogP contribution in [0.3, 0.4) is 0 Å². The number of carbonyl (C=O) groups is 2. The second-order valence-corrected chi connectivity index (χ2v) is 5.97. The third-order valence-corrected chi connectivity index (χ3v) is 4.30. The number of nitrogens with two attached hydrogens (primary N) is 1. The molecular weight excluding hydrogens is 320 g/mol. The molecule has 2 amide bonds. The molecule has 1 fully saturated rings. The molecule has 0 atom stereocenters. The number of pyridine rings is 1. The molecule has 2 heterocycles. The summed E-state index contributed by atoms with van der Waals surface area (Å²) in [7, 11) is 0. The maximum Gasteiger partial charge on any atom is 0.409 e. The van der Waals surface area contributed by atoms with E-state index in [-0.39, 0.29) is 18.4 Å². The van der Waals surface area contributed by atoms with Crippen molar-refractivity contribution in [2.75, 3.05) is 38.5 Å². The van der Waals surface area contributed by atoms with Crippen LogP contribution in [0.2, 0.25) is 0 Å². The van der Waals surface area contributed by atoms with Gasteiger partial charge in [-0.25, -0.2) is 4.79 Å². The maximum atomic E-state index is 12.5. The molecule has 0 radical (unpaired) electrons. The highest BCUT2D eigenvalue weighted by atomic mass is 16.6. The first-order valence-electron chi connectivity index (χ1n) is 8.42. The van der Waals surface area contributed by atoms with E-state index in [0.717, 1.165) is 10.9 Å². The minimum Gasteiger partial charge on any atom is -0.450 e. The highest BCUT2D eigenvalue weighted by Gasteiger charge is 2.25. The summed E-state index contributed by atoms with van der Waals surface area (Å²) < 4.78 is 4.99. The number of rotatable bonds is 3. The van der Waals surface area contributed by atoms with Crippen LogP contribution in [0.25, 0.3) is 10.9 Å². The summed E-state index contributed by atoms with van der Waals surface area (Å²) in [5.74, 6) is 0.00450. The number of ether oxygens (including phenoxy) is 1. The van der Waals surface area contributed by atoms with Crippen molar-refractivity contribution in [2.24, 2.45) is 0 Å². The number of amides is 2. The van der Waals surface area contributed by atoms with E-state index in [4.69, 9.17) is 10.5 Å². The summed E-state index contributed by atoms with van der Waals surface area (Å²) >= 11 is 0. The van der Waals surface area contributed by atoms with Gasteiger partial charge in [-0.15, -0.1) is 0 Å². The first-order valence-corrected chi connectivity index (χ1v) is 8.42. The van der Waals surface area contributed by atoms with Crippen molar-refractivity contribution in [2.45, 2.75) is 13.3 Å². The van der Waals surface area contributed by atoms with Gasteiger partial charge < -0.3 is 20.3 Å². The van der Waals surface area contributed by atoms with Crippen LogP contribution in [0.15, 0.2) is 30.3 Å². The molecule has 7 nitrogen and oxygen atoms in total.